The molecular weight excluding hydrogens is 368 g/mol. The lowest BCUT2D eigenvalue weighted by Gasteiger charge is -2.09. The Labute approximate surface area is 155 Å². The van der Waals surface area contributed by atoms with E-state index >= 15 is 0 Å². The predicted octanol–water partition coefficient (Wildman–Crippen LogP) is 3.91. The normalized spacial score (nSPS) is 10.4. The molecule has 0 radical (unpaired) electrons. The van der Waals surface area contributed by atoms with E-state index in [0.29, 0.717) is 41.8 Å². The van der Waals surface area contributed by atoms with Crippen LogP contribution in [0.1, 0.15) is 12.8 Å². The van der Waals surface area contributed by atoms with E-state index in [-0.39, 0.29) is 18.3 Å². The molecule has 0 saturated heterocycles. The van der Waals surface area contributed by atoms with Gasteiger partial charge in [0.25, 0.3) is 0 Å². The second kappa shape index (κ2) is 10.1. The largest absolute Gasteiger partial charge is 0.491 e. The first-order chi connectivity index (χ1) is 12.1. The molecule has 0 saturated carbocycles. The van der Waals surface area contributed by atoms with Gasteiger partial charge in [-0.3, -0.25) is 4.79 Å². The van der Waals surface area contributed by atoms with Crippen molar-refractivity contribution in [1.29, 1.82) is 0 Å². The first kappa shape index (κ1) is 19.3. The molecule has 1 heterocycles. The van der Waals surface area contributed by atoms with E-state index in [1.807, 2.05) is 0 Å². The average Bonchev–Trinajstić information content (AvgIpc) is 2.58. The van der Waals surface area contributed by atoms with Gasteiger partial charge in [-0.25, -0.2) is 9.37 Å². The highest BCUT2D eigenvalue weighted by molar-refractivity contribution is 6.35. The van der Waals surface area contributed by atoms with E-state index in [9.17, 15) is 9.18 Å². The minimum absolute atomic E-state index is 0.103. The summed E-state index contributed by atoms with van der Waals surface area (Å²) in [5, 5.41) is 6.65. The maximum atomic E-state index is 13.3. The van der Waals surface area contributed by atoms with Gasteiger partial charge in [-0.05, 0) is 24.6 Å². The zero-order chi connectivity index (χ0) is 18.1. The van der Waals surface area contributed by atoms with Gasteiger partial charge in [-0.1, -0.05) is 35.3 Å². The molecule has 0 aliphatic carbocycles. The number of nitrogens with zero attached hydrogens (tertiary/aromatic N) is 1. The van der Waals surface area contributed by atoms with Crippen LogP contribution in [0.3, 0.4) is 0 Å². The third-order valence-electron chi connectivity index (χ3n) is 3.19. The molecule has 25 heavy (non-hydrogen) atoms. The molecule has 1 amide bonds. The molecule has 2 rings (SSSR count). The quantitative estimate of drug-likeness (QED) is 0.642. The first-order valence-electron chi connectivity index (χ1n) is 7.75. The molecule has 8 heteroatoms. The minimum atomic E-state index is -0.410. The van der Waals surface area contributed by atoms with Crippen molar-refractivity contribution < 1.29 is 13.9 Å². The Morgan fingerprint density at radius 3 is 2.80 bits per heavy atom. The smallest absolute Gasteiger partial charge is 0.220 e. The van der Waals surface area contributed by atoms with Gasteiger partial charge in [0.15, 0.2) is 11.6 Å². The van der Waals surface area contributed by atoms with Crippen LogP contribution in [0.5, 0.6) is 5.75 Å². The lowest BCUT2D eigenvalue weighted by atomic mass is 10.3. The Morgan fingerprint density at radius 1 is 1.24 bits per heavy atom. The fourth-order valence-corrected chi connectivity index (χ4v) is 2.44. The summed E-state index contributed by atoms with van der Waals surface area (Å²) < 4.78 is 18.6. The maximum absolute atomic E-state index is 13.3. The molecule has 5 nitrogen and oxygen atoms in total. The Kier molecular flexibility index (Phi) is 7.76. The van der Waals surface area contributed by atoms with Crippen molar-refractivity contribution in [3.63, 3.8) is 0 Å². The third kappa shape index (κ3) is 6.76. The predicted molar refractivity (Wildman–Crippen MR) is 96.9 cm³/mol. The van der Waals surface area contributed by atoms with Crippen molar-refractivity contribution in [3.8, 4) is 5.75 Å². The van der Waals surface area contributed by atoms with Gasteiger partial charge in [0, 0.05) is 25.7 Å². The van der Waals surface area contributed by atoms with Gasteiger partial charge in [-0.15, -0.1) is 0 Å². The number of benzene rings is 1. The molecule has 0 bridgehead atoms. The molecule has 0 aliphatic heterocycles. The summed E-state index contributed by atoms with van der Waals surface area (Å²) in [5.74, 6) is 0.194. The summed E-state index contributed by atoms with van der Waals surface area (Å²) in [4.78, 5) is 15.8. The molecule has 0 fully saturated rings. The number of hydrogen-bond acceptors (Lipinski definition) is 4. The molecule has 2 N–H and O–H groups in total. The summed E-state index contributed by atoms with van der Waals surface area (Å²) in [6.07, 6.45) is 2.29. The van der Waals surface area contributed by atoms with Crippen molar-refractivity contribution in [2.24, 2.45) is 0 Å². The van der Waals surface area contributed by atoms with Crippen molar-refractivity contribution in [2.45, 2.75) is 12.8 Å². The Morgan fingerprint density at radius 2 is 2.04 bits per heavy atom. The van der Waals surface area contributed by atoms with Gasteiger partial charge >= 0.3 is 0 Å². The van der Waals surface area contributed by atoms with E-state index in [1.165, 1.54) is 12.3 Å². The number of aromatic nitrogens is 1. The van der Waals surface area contributed by atoms with Gasteiger partial charge < -0.3 is 15.4 Å². The topological polar surface area (TPSA) is 63.2 Å². The summed E-state index contributed by atoms with van der Waals surface area (Å²) in [5.41, 5.74) is 0. The summed E-state index contributed by atoms with van der Waals surface area (Å²) >= 11 is 11.7. The highest BCUT2D eigenvalue weighted by Crippen LogP contribution is 2.22. The minimum Gasteiger partial charge on any atom is -0.491 e. The Bertz CT molecular complexity index is 716. The standard InChI is InChI=1S/C17H18Cl2FN3O2/c18-12-10-13(19)17(23-11-12)22-8-7-21-16(24)6-3-9-25-15-5-2-1-4-14(15)20/h1-2,4-5,10-11H,3,6-9H2,(H,21,24)(H,22,23). The van der Waals surface area contributed by atoms with Gasteiger partial charge in [-0.2, -0.15) is 0 Å². The second-order valence-electron chi connectivity index (χ2n) is 5.14. The molecule has 134 valence electrons. The molecule has 1 aromatic carbocycles. The Hall–Kier alpha value is -2.05. The van der Waals surface area contributed by atoms with Crippen LogP contribution in [0.4, 0.5) is 10.2 Å². The summed E-state index contributed by atoms with van der Waals surface area (Å²) in [6.45, 7) is 1.18. The van der Waals surface area contributed by atoms with E-state index in [4.69, 9.17) is 27.9 Å². The molecule has 0 atom stereocenters. The number of anilines is 1. The van der Waals surface area contributed by atoms with E-state index in [2.05, 4.69) is 15.6 Å². The van der Waals surface area contributed by atoms with Crippen LogP contribution in [0.15, 0.2) is 36.5 Å². The van der Waals surface area contributed by atoms with Crippen molar-refractivity contribution in [3.05, 3.63) is 52.4 Å². The third-order valence-corrected chi connectivity index (χ3v) is 3.68. The molecule has 2 aromatic rings. The van der Waals surface area contributed by atoms with Crippen LogP contribution in [-0.4, -0.2) is 30.6 Å². The Balaban J connectivity index is 1.57. The summed E-state index contributed by atoms with van der Waals surface area (Å²) in [6, 6.07) is 7.76. The number of ether oxygens (including phenoxy) is 1. The molecule has 1 aromatic heterocycles. The lowest BCUT2D eigenvalue weighted by molar-refractivity contribution is -0.121. The van der Waals surface area contributed by atoms with Gasteiger partial charge in [0.2, 0.25) is 5.91 Å². The van der Waals surface area contributed by atoms with E-state index in [1.54, 1.807) is 24.3 Å². The summed E-state index contributed by atoms with van der Waals surface area (Å²) in [7, 11) is 0. The van der Waals surface area contributed by atoms with Crippen molar-refractivity contribution in [2.75, 3.05) is 25.0 Å². The van der Waals surface area contributed by atoms with Crippen molar-refractivity contribution in [1.82, 2.24) is 10.3 Å². The zero-order valence-corrected chi connectivity index (χ0v) is 14.9. The van der Waals surface area contributed by atoms with Crippen LogP contribution in [-0.2, 0) is 4.79 Å². The number of rotatable bonds is 9. The van der Waals surface area contributed by atoms with E-state index in [0.717, 1.165) is 0 Å². The number of carbonyl (C=O) groups is 1. The van der Waals surface area contributed by atoms with Crippen LogP contribution in [0, 0.1) is 5.82 Å². The van der Waals surface area contributed by atoms with Crippen LogP contribution >= 0.6 is 23.2 Å². The maximum Gasteiger partial charge on any atom is 0.220 e. The number of para-hydroxylation sites is 1. The van der Waals surface area contributed by atoms with Crippen LogP contribution < -0.4 is 15.4 Å². The van der Waals surface area contributed by atoms with Crippen LogP contribution in [0.25, 0.3) is 0 Å². The highest BCUT2D eigenvalue weighted by atomic mass is 35.5. The number of hydrogen-bond donors (Lipinski definition) is 2. The lowest BCUT2D eigenvalue weighted by Crippen LogP contribution is -2.29. The van der Waals surface area contributed by atoms with E-state index < -0.39 is 5.82 Å². The highest BCUT2D eigenvalue weighted by Gasteiger charge is 2.05. The number of nitrogens with one attached hydrogen (secondary N) is 2. The van der Waals surface area contributed by atoms with Gasteiger partial charge in [0.1, 0.15) is 5.82 Å². The first-order valence-corrected chi connectivity index (χ1v) is 8.51. The molecule has 0 aliphatic rings. The fraction of sp³-hybridized carbons (Fsp3) is 0.294. The monoisotopic (exact) mass is 385 g/mol. The number of halogens is 3. The van der Waals surface area contributed by atoms with Crippen molar-refractivity contribution >= 4 is 34.9 Å². The zero-order valence-electron chi connectivity index (χ0n) is 13.4. The van der Waals surface area contributed by atoms with Crippen LogP contribution in [0.2, 0.25) is 10.0 Å². The molecule has 0 spiro atoms. The average molecular weight is 386 g/mol. The fourth-order valence-electron chi connectivity index (χ4n) is 1.99. The molecular formula is C17H18Cl2FN3O2. The number of pyridine rings is 1. The number of carbonyl (C=O) groups excluding carboxylic acids is 1. The molecule has 0 unspecified atom stereocenters. The SMILES string of the molecule is O=C(CCCOc1ccccc1F)NCCNc1ncc(Cl)cc1Cl. The van der Waals surface area contributed by atoms with Gasteiger partial charge in [0.05, 0.1) is 16.7 Å². The number of amides is 1. The second-order valence-corrected chi connectivity index (χ2v) is 5.99.